The molecule has 3 nitrogen and oxygen atoms in total. The van der Waals surface area contributed by atoms with Crippen LogP contribution in [0.4, 0.5) is 0 Å². The number of hydrogen-bond acceptors (Lipinski definition) is 3. The summed E-state index contributed by atoms with van der Waals surface area (Å²) >= 11 is 0. The molecule has 154 valence electrons. The van der Waals surface area contributed by atoms with E-state index in [1.165, 1.54) is 24.8 Å². The van der Waals surface area contributed by atoms with E-state index in [1.807, 2.05) is 6.08 Å². The van der Waals surface area contributed by atoms with E-state index in [9.17, 15) is 9.59 Å². The Hall–Kier alpha value is -1.12. The van der Waals surface area contributed by atoms with Gasteiger partial charge in [-0.05, 0) is 86.0 Å². The van der Waals surface area contributed by atoms with Crippen LogP contribution in [-0.4, -0.2) is 17.4 Å². The van der Waals surface area contributed by atoms with Crippen LogP contribution in [0.15, 0.2) is 11.6 Å². The van der Waals surface area contributed by atoms with Gasteiger partial charge in [-0.15, -0.1) is 0 Å². The third-order valence-corrected chi connectivity index (χ3v) is 10.2. The molecule has 0 aromatic heterocycles. The summed E-state index contributed by atoms with van der Waals surface area (Å²) in [4.78, 5) is 24.3. The molecule has 0 aromatic carbocycles. The lowest BCUT2D eigenvalue weighted by atomic mass is 9.43. The van der Waals surface area contributed by atoms with Crippen LogP contribution in [0.3, 0.4) is 0 Å². The molecule has 0 aromatic rings. The lowest BCUT2D eigenvalue weighted by molar-refractivity contribution is -0.172. The van der Waals surface area contributed by atoms with Crippen LogP contribution in [-0.2, 0) is 14.3 Å². The number of ether oxygens (including phenoxy) is 1. The van der Waals surface area contributed by atoms with Crippen LogP contribution in [0.5, 0.6) is 0 Å². The highest BCUT2D eigenvalue weighted by atomic mass is 16.6. The highest BCUT2D eigenvalue weighted by molar-refractivity contribution is 5.91. The summed E-state index contributed by atoms with van der Waals surface area (Å²) in [5.74, 6) is 3.67. The SMILES string of the molecule is CC(C)[C@@H]1CC2=CC(=O)CC[C@]2(C)[C@H]2CC[C@@]3(C)[C@@H](CC[C@@]34CCC(=O)O4)[C@H]12. The van der Waals surface area contributed by atoms with Gasteiger partial charge in [-0.25, -0.2) is 0 Å². The molecule has 3 heteroatoms. The van der Waals surface area contributed by atoms with Crippen LogP contribution in [0.1, 0.15) is 85.5 Å². The molecule has 0 unspecified atom stereocenters. The fourth-order valence-electron chi connectivity index (χ4n) is 8.59. The second-order valence-electron chi connectivity index (χ2n) is 11.4. The lowest BCUT2D eigenvalue weighted by Crippen LogP contribution is -2.57. The van der Waals surface area contributed by atoms with Crippen molar-refractivity contribution in [2.45, 2.75) is 91.1 Å². The molecule has 0 bridgehead atoms. The molecule has 5 rings (SSSR count). The molecule has 0 N–H and O–H groups in total. The van der Waals surface area contributed by atoms with Crippen molar-refractivity contribution in [3.63, 3.8) is 0 Å². The van der Waals surface area contributed by atoms with Gasteiger partial charge >= 0.3 is 5.97 Å². The fraction of sp³-hybridized carbons (Fsp3) is 0.840. The summed E-state index contributed by atoms with van der Waals surface area (Å²) in [6.07, 6.45) is 11.1. The normalized spacial score (nSPS) is 50.2. The van der Waals surface area contributed by atoms with Gasteiger partial charge in [0.15, 0.2) is 5.78 Å². The van der Waals surface area contributed by atoms with Crippen molar-refractivity contribution in [1.82, 2.24) is 0 Å². The number of esters is 1. The maximum absolute atomic E-state index is 12.2. The molecule has 0 amide bonds. The first-order valence-corrected chi connectivity index (χ1v) is 11.7. The number of carbonyl (C=O) groups excluding carboxylic acids is 2. The molecule has 1 heterocycles. The monoisotopic (exact) mass is 384 g/mol. The van der Waals surface area contributed by atoms with Crippen LogP contribution in [0.25, 0.3) is 0 Å². The Balaban J connectivity index is 1.56. The molecule has 1 saturated heterocycles. The van der Waals surface area contributed by atoms with E-state index in [1.54, 1.807) is 0 Å². The van der Waals surface area contributed by atoms with Gasteiger partial charge in [-0.1, -0.05) is 33.3 Å². The predicted octanol–water partition coefficient (Wildman–Crippen LogP) is 5.48. The molecule has 0 radical (unpaired) electrons. The third kappa shape index (κ3) is 2.28. The zero-order valence-corrected chi connectivity index (χ0v) is 18.1. The summed E-state index contributed by atoms with van der Waals surface area (Å²) in [6.45, 7) is 9.67. The first-order valence-electron chi connectivity index (χ1n) is 11.7. The lowest BCUT2D eigenvalue weighted by Gasteiger charge is -2.62. The molecule has 1 spiro atoms. The maximum Gasteiger partial charge on any atom is 0.306 e. The molecular weight excluding hydrogens is 348 g/mol. The smallest absolute Gasteiger partial charge is 0.306 e. The predicted molar refractivity (Wildman–Crippen MR) is 108 cm³/mol. The molecule has 7 atom stereocenters. The van der Waals surface area contributed by atoms with Gasteiger partial charge in [-0.3, -0.25) is 9.59 Å². The molecule has 28 heavy (non-hydrogen) atoms. The summed E-state index contributed by atoms with van der Waals surface area (Å²) in [5.41, 5.74) is 1.59. The molecule has 4 aliphatic carbocycles. The van der Waals surface area contributed by atoms with Crippen molar-refractivity contribution in [3.05, 3.63) is 11.6 Å². The van der Waals surface area contributed by atoms with E-state index in [2.05, 4.69) is 27.7 Å². The molecule has 3 saturated carbocycles. The van der Waals surface area contributed by atoms with Gasteiger partial charge in [0.25, 0.3) is 0 Å². The third-order valence-electron chi connectivity index (χ3n) is 10.2. The van der Waals surface area contributed by atoms with E-state index in [-0.39, 0.29) is 22.4 Å². The van der Waals surface area contributed by atoms with Crippen molar-refractivity contribution >= 4 is 11.8 Å². The Morgan fingerprint density at radius 1 is 1.00 bits per heavy atom. The van der Waals surface area contributed by atoms with E-state index in [4.69, 9.17) is 4.74 Å². The van der Waals surface area contributed by atoms with Crippen LogP contribution in [0, 0.1) is 40.4 Å². The summed E-state index contributed by atoms with van der Waals surface area (Å²) in [5, 5.41) is 0. The van der Waals surface area contributed by atoms with Gasteiger partial charge in [-0.2, -0.15) is 0 Å². The average molecular weight is 385 g/mol. The quantitative estimate of drug-likeness (QED) is 0.563. The zero-order chi connectivity index (χ0) is 19.9. The Kier molecular flexibility index (Phi) is 4.01. The second kappa shape index (κ2) is 5.95. The Morgan fingerprint density at radius 3 is 2.43 bits per heavy atom. The van der Waals surface area contributed by atoms with Crippen molar-refractivity contribution in [3.8, 4) is 0 Å². The van der Waals surface area contributed by atoms with E-state index < -0.39 is 0 Å². The average Bonchev–Trinajstić information content (AvgIpc) is 3.16. The number of fused-ring (bicyclic) bond motifs is 6. The van der Waals surface area contributed by atoms with Crippen LogP contribution >= 0.6 is 0 Å². The fourth-order valence-corrected chi connectivity index (χ4v) is 8.59. The van der Waals surface area contributed by atoms with Gasteiger partial charge < -0.3 is 4.74 Å². The van der Waals surface area contributed by atoms with E-state index in [0.29, 0.717) is 41.8 Å². The molecular formula is C25H36O3. The highest BCUT2D eigenvalue weighted by Crippen LogP contribution is 2.71. The first-order chi connectivity index (χ1) is 13.2. The Bertz CT molecular complexity index is 751. The molecule has 4 fully saturated rings. The summed E-state index contributed by atoms with van der Waals surface area (Å²) < 4.78 is 6.11. The number of carbonyl (C=O) groups is 2. The van der Waals surface area contributed by atoms with Gasteiger partial charge in [0.1, 0.15) is 5.60 Å². The molecule has 5 aliphatic rings. The van der Waals surface area contributed by atoms with Crippen molar-refractivity contribution in [1.29, 1.82) is 0 Å². The van der Waals surface area contributed by atoms with Crippen molar-refractivity contribution in [2.75, 3.05) is 0 Å². The van der Waals surface area contributed by atoms with Crippen LogP contribution in [0.2, 0.25) is 0 Å². The minimum absolute atomic E-state index is 0.0241. The zero-order valence-electron chi connectivity index (χ0n) is 18.1. The van der Waals surface area contributed by atoms with E-state index in [0.717, 1.165) is 32.1 Å². The van der Waals surface area contributed by atoms with Crippen molar-refractivity contribution in [2.24, 2.45) is 40.4 Å². The van der Waals surface area contributed by atoms with Crippen LogP contribution < -0.4 is 0 Å². The largest absolute Gasteiger partial charge is 0.458 e. The second-order valence-corrected chi connectivity index (χ2v) is 11.4. The highest BCUT2D eigenvalue weighted by Gasteiger charge is 2.68. The Labute approximate surface area is 169 Å². The van der Waals surface area contributed by atoms with E-state index >= 15 is 0 Å². The standard InChI is InChI=1S/C25H36O3/c1-15(2)18-14-16-13-17(26)5-9-23(16,3)19-6-10-24(4)20(22(18)19)7-11-25(24)12-8-21(27)28-25/h13,15,18-20,22H,5-12,14H2,1-4H3/t18-,19-,20-,22+,23-,24-,25+/m0/s1. The summed E-state index contributed by atoms with van der Waals surface area (Å²) in [7, 11) is 0. The number of allylic oxidation sites excluding steroid dienone is 1. The van der Waals surface area contributed by atoms with Gasteiger partial charge in [0.2, 0.25) is 0 Å². The maximum atomic E-state index is 12.2. The first kappa shape index (κ1) is 18.9. The summed E-state index contributed by atoms with van der Waals surface area (Å²) in [6, 6.07) is 0. The number of rotatable bonds is 1. The topological polar surface area (TPSA) is 43.4 Å². The van der Waals surface area contributed by atoms with Gasteiger partial charge in [0.05, 0.1) is 0 Å². The van der Waals surface area contributed by atoms with Crippen molar-refractivity contribution < 1.29 is 14.3 Å². The Morgan fingerprint density at radius 2 is 1.75 bits per heavy atom. The minimum Gasteiger partial charge on any atom is -0.458 e. The molecule has 1 aliphatic heterocycles. The number of ketones is 1. The number of hydrogen-bond donors (Lipinski definition) is 0. The van der Waals surface area contributed by atoms with Gasteiger partial charge in [0, 0.05) is 18.3 Å². The minimum atomic E-state index is -0.194.